The topological polar surface area (TPSA) is 65.4 Å². The summed E-state index contributed by atoms with van der Waals surface area (Å²) in [5.41, 5.74) is 4.08. The Labute approximate surface area is 141 Å². The third-order valence-electron chi connectivity index (χ3n) is 4.29. The number of anilines is 1. The first-order valence-corrected chi connectivity index (χ1v) is 7.81. The lowest BCUT2D eigenvalue weighted by Crippen LogP contribution is -2.27. The maximum absolute atomic E-state index is 12.6. The van der Waals surface area contributed by atoms with E-state index in [0.29, 0.717) is 16.9 Å². The largest absolute Gasteiger partial charge is 0.495 e. The fourth-order valence-corrected chi connectivity index (χ4v) is 3.00. The van der Waals surface area contributed by atoms with Gasteiger partial charge in [-0.3, -0.25) is 4.79 Å². The molecule has 0 spiro atoms. The van der Waals surface area contributed by atoms with Gasteiger partial charge in [0.15, 0.2) is 0 Å². The van der Waals surface area contributed by atoms with Crippen molar-refractivity contribution in [3.05, 3.63) is 58.7 Å². The van der Waals surface area contributed by atoms with E-state index in [1.165, 1.54) is 18.2 Å². The van der Waals surface area contributed by atoms with Gasteiger partial charge in [-0.25, -0.2) is 0 Å². The second kappa shape index (κ2) is 6.73. The highest BCUT2D eigenvalue weighted by molar-refractivity contribution is 6.05. The molecular formula is C19H19N3O2. The number of rotatable bonds is 3. The number of amides is 1. The Kier molecular flexibility index (Phi) is 4.50. The van der Waals surface area contributed by atoms with Gasteiger partial charge in [-0.05, 0) is 48.9 Å². The highest BCUT2D eigenvalue weighted by Crippen LogP contribution is 2.26. The van der Waals surface area contributed by atoms with Crippen LogP contribution in [-0.4, -0.2) is 31.5 Å². The van der Waals surface area contributed by atoms with E-state index in [1.54, 1.807) is 18.2 Å². The number of hydrogen-bond acceptors (Lipinski definition) is 4. The second-order valence-electron chi connectivity index (χ2n) is 5.91. The molecule has 0 aliphatic carbocycles. The van der Waals surface area contributed by atoms with Gasteiger partial charge in [-0.1, -0.05) is 12.1 Å². The fraction of sp³-hybridized carbons (Fsp3) is 0.263. The van der Waals surface area contributed by atoms with Crippen LogP contribution >= 0.6 is 0 Å². The number of carbonyl (C=O) groups is 1. The van der Waals surface area contributed by atoms with Gasteiger partial charge in [0.05, 0.1) is 12.7 Å². The predicted molar refractivity (Wildman–Crippen MR) is 92.1 cm³/mol. The Hall–Kier alpha value is -2.84. The molecule has 0 bridgehead atoms. The van der Waals surface area contributed by atoms with E-state index in [-0.39, 0.29) is 5.91 Å². The Morgan fingerprint density at radius 2 is 2.17 bits per heavy atom. The number of methoxy groups -OCH3 is 1. The SMILES string of the molecule is COc1ccc(C(=O)Nc2cccc3c2CCN(C)C3)cc1C#N. The molecule has 1 heterocycles. The maximum atomic E-state index is 12.6. The first kappa shape index (κ1) is 16.0. The Bertz CT molecular complexity index is 824. The number of ether oxygens (including phenoxy) is 1. The summed E-state index contributed by atoms with van der Waals surface area (Å²) in [7, 11) is 3.60. The summed E-state index contributed by atoms with van der Waals surface area (Å²) < 4.78 is 5.11. The summed E-state index contributed by atoms with van der Waals surface area (Å²) in [6.45, 7) is 1.86. The van der Waals surface area contributed by atoms with Crippen LogP contribution in [0, 0.1) is 11.3 Å². The maximum Gasteiger partial charge on any atom is 0.255 e. The summed E-state index contributed by atoms with van der Waals surface area (Å²) in [5.74, 6) is 0.246. The van der Waals surface area contributed by atoms with E-state index < -0.39 is 0 Å². The van der Waals surface area contributed by atoms with Gasteiger partial charge in [0.2, 0.25) is 0 Å². The summed E-state index contributed by atoms with van der Waals surface area (Å²) in [6.07, 6.45) is 0.911. The lowest BCUT2D eigenvalue weighted by Gasteiger charge is -2.26. The van der Waals surface area contributed by atoms with Crippen LogP contribution in [0.15, 0.2) is 36.4 Å². The minimum Gasteiger partial charge on any atom is -0.495 e. The smallest absolute Gasteiger partial charge is 0.255 e. The number of benzene rings is 2. The standard InChI is InChI=1S/C19H19N3O2/c1-22-9-8-16-14(12-22)4-3-5-17(16)21-19(23)13-6-7-18(24-2)15(10-13)11-20/h3-7,10H,8-9,12H2,1-2H3,(H,21,23). The molecule has 0 saturated carbocycles. The van der Waals surface area contributed by atoms with Gasteiger partial charge in [0.25, 0.3) is 5.91 Å². The molecule has 24 heavy (non-hydrogen) atoms. The summed E-state index contributed by atoms with van der Waals surface area (Å²) in [5, 5.41) is 12.1. The molecule has 122 valence electrons. The molecule has 0 atom stereocenters. The van der Waals surface area contributed by atoms with Crippen LogP contribution in [0.4, 0.5) is 5.69 Å². The van der Waals surface area contributed by atoms with Crippen molar-refractivity contribution in [1.29, 1.82) is 5.26 Å². The first-order valence-electron chi connectivity index (χ1n) is 7.81. The van der Waals surface area contributed by atoms with Crippen molar-refractivity contribution in [2.24, 2.45) is 0 Å². The van der Waals surface area contributed by atoms with Crippen LogP contribution in [0.5, 0.6) is 5.75 Å². The first-order chi connectivity index (χ1) is 11.6. The van der Waals surface area contributed by atoms with E-state index in [9.17, 15) is 4.79 Å². The second-order valence-corrected chi connectivity index (χ2v) is 5.91. The van der Waals surface area contributed by atoms with Crippen molar-refractivity contribution in [3.8, 4) is 11.8 Å². The molecule has 3 rings (SSSR count). The molecule has 0 aromatic heterocycles. The Balaban J connectivity index is 1.86. The monoisotopic (exact) mass is 321 g/mol. The lowest BCUT2D eigenvalue weighted by molar-refractivity contribution is 0.102. The van der Waals surface area contributed by atoms with E-state index in [4.69, 9.17) is 10.00 Å². The van der Waals surface area contributed by atoms with Crippen molar-refractivity contribution in [2.45, 2.75) is 13.0 Å². The van der Waals surface area contributed by atoms with Crippen molar-refractivity contribution in [1.82, 2.24) is 4.90 Å². The fourth-order valence-electron chi connectivity index (χ4n) is 3.00. The number of fused-ring (bicyclic) bond motifs is 1. The van der Waals surface area contributed by atoms with Crippen molar-refractivity contribution in [3.63, 3.8) is 0 Å². The number of nitrogens with one attached hydrogen (secondary N) is 1. The molecule has 1 aliphatic rings. The highest BCUT2D eigenvalue weighted by Gasteiger charge is 2.18. The summed E-state index contributed by atoms with van der Waals surface area (Å²) in [6, 6.07) is 12.9. The third kappa shape index (κ3) is 3.10. The van der Waals surface area contributed by atoms with Crippen LogP contribution in [-0.2, 0) is 13.0 Å². The zero-order chi connectivity index (χ0) is 17.1. The minimum atomic E-state index is -0.221. The van der Waals surface area contributed by atoms with Gasteiger partial charge in [0, 0.05) is 24.3 Å². The molecule has 5 nitrogen and oxygen atoms in total. The van der Waals surface area contributed by atoms with Crippen molar-refractivity contribution >= 4 is 11.6 Å². The van der Waals surface area contributed by atoms with Crippen LogP contribution in [0.3, 0.4) is 0 Å². The van der Waals surface area contributed by atoms with Gasteiger partial charge in [-0.2, -0.15) is 5.26 Å². The predicted octanol–water partition coefficient (Wildman–Crippen LogP) is 2.81. The summed E-state index contributed by atoms with van der Waals surface area (Å²) >= 11 is 0. The normalized spacial score (nSPS) is 13.7. The summed E-state index contributed by atoms with van der Waals surface area (Å²) in [4.78, 5) is 14.8. The molecule has 0 fully saturated rings. The van der Waals surface area contributed by atoms with E-state index in [1.807, 2.05) is 18.2 Å². The molecule has 0 radical (unpaired) electrons. The van der Waals surface area contributed by atoms with E-state index >= 15 is 0 Å². The molecule has 1 amide bonds. The lowest BCUT2D eigenvalue weighted by atomic mass is 9.98. The number of nitrogens with zero attached hydrogens (tertiary/aromatic N) is 2. The van der Waals surface area contributed by atoms with E-state index in [2.05, 4.69) is 23.3 Å². The molecule has 0 unspecified atom stereocenters. The molecule has 2 aromatic carbocycles. The Morgan fingerprint density at radius 1 is 1.33 bits per heavy atom. The van der Waals surface area contributed by atoms with Gasteiger partial charge in [0.1, 0.15) is 11.8 Å². The van der Waals surface area contributed by atoms with Crippen molar-refractivity contribution < 1.29 is 9.53 Å². The van der Waals surface area contributed by atoms with Crippen LogP contribution in [0.1, 0.15) is 27.0 Å². The van der Waals surface area contributed by atoms with Crippen molar-refractivity contribution in [2.75, 3.05) is 26.0 Å². The molecule has 0 saturated heterocycles. The molecule has 1 N–H and O–H groups in total. The zero-order valence-corrected chi connectivity index (χ0v) is 13.8. The van der Waals surface area contributed by atoms with Crippen LogP contribution in [0.2, 0.25) is 0 Å². The van der Waals surface area contributed by atoms with Gasteiger partial charge >= 0.3 is 0 Å². The Morgan fingerprint density at radius 3 is 2.92 bits per heavy atom. The zero-order valence-electron chi connectivity index (χ0n) is 13.8. The molecular weight excluding hydrogens is 302 g/mol. The average Bonchev–Trinajstić information content (AvgIpc) is 2.60. The quantitative estimate of drug-likeness (QED) is 0.944. The van der Waals surface area contributed by atoms with Crippen LogP contribution in [0.25, 0.3) is 0 Å². The number of nitriles is 1. The molecule has 1 aliphatic heterocycles. The third-order valence-corrected chi connectivity index (χ3v) is 4.29. The van der Waals surface area contributed by atoms with Gasteiger partial charge in [-0.15, -0.1) is 0 Å². The average molecular weight is 321 g/mol. The number of carbonyl (C=O) groups excluding carboxylic acids is 1. The molecule has 2 aromatic rings. The highest BCUT2D eigenvalue weighted by atomic mass is 16.5. The number of hydrogen-bond donors (Lipinski definition) is 1. The minimum absolute atomic E-state index is 0.221. The van der Waals surface area contributed by atoms with Gasteiger partial charge < -0.3 is 15.0 Å². The number of likely N-dealkylation sites (N-methyl/N-ethyl adjacent to an activating group) is 1. The van der Waals surface area contributed by atoms with Crippen LogP contribution < -0.4 is 10.1 Å². The molecule has 5 heteroatoms. The van der Waals surface area contributed by atoms with E-state index in [0.717, 1.165) is 25.2 Å².